The van der Waals surface area contributed by atoms with Crippen molar-refractivity contribution in [3.63, 3.8) is 0 Å². The van der Waals surface area contributed by atoms with E-state index in [0.717, 1.165) is 11.0 Å². The van der Waals surface area contributed by atoms with Crippen molar-refractivity contribution in [2.45, 2.75) is 58.4 Å². The average molecular weight is 312 g/mol. The Morgan fingerprint density at radius 3 is 2.33 bits per heavy atom. The molecule has 1 nitrogen and oxygen atoms in total. The fourth-order valence-electron chi connectivity index (χ4n) is 2.18. The first kappa shape index (κ1) is 15.7. The Hall–Kier alpha value is -0.340. The van der Waals surface area contributed by atoms with Crippen molar-refractivity contribution in [1.82, 2.24) is 5.32 Å². The molecule has 1 atom stereocenters. The third kappa shape index (κ3) is 6.01. The van der Waals surface area contributed by atoms with Gasteiger partial charge in [-0.25, -0.2) is 0 Å². The summed E-state index contributed by atoms with van der Waals surface area (Å²) < 4.78 is 1.16. The first-order valence-electron chi connectivity index (χ1n) is 7.26. The van der Waals surface area contributed by atoms with Gasteiger partial charge in [0.1, 0.15) is 0 Å². The van der Waals surface area contributed by atoms with E-state index in [1.165, 1.54) is 44.1 Å². The average Bonchev–Trinajstić information content (AvgIpc) is 2.39. The van der Waals surface area contributed by atoms with Crippen molar-refractivity contribution in [3.05, 3.63) is 34.3 Å². The molecule has 1 unspecified atom stereocenters. The Morgan fingerprint density at radius 2 is 1.72 bits per heavy atom. The first-order chi connectivity index (χ1) is 8.77. The smallest absolute Gasteiger partial charge is 0.0320 e. The number of hydrogen-bond donors (Lipinski definition) is 1. The van der Waals surface area contributed by atoms with Gasteiger partial charge in [0, 0.05) is 10.5 Å². The minimum atomic E-state index is 0.523. The van der Waals surface area contributed by atoms with Crippen LogP contribution in [0.4, 0.5) is 0 Å². The van der Waals surface area contributed by atoms with Crippen molar-refractivity contribution in [2.75, 3.05) is 6.54 Å². The summed E-state index contributed by atoms with van der Waals surface area (Å²) in [5, 5.41) is 3.67. The summed E-state index contributed by atoms with van der Waals surface area (Å²) in [4.78, 5) is 0. The monoisotopic (exact) mass is 311 g/mol. The van der Waals surface area contributed by atoms with Gasteiger partial charge in [-0.1, -0.05) is 67.6 Å². The maximum Gasteiger partial charge on any atom is 0.0320 e. The van der Waals surface area contributed by atoms with Crippen LogP contribution in [0.15, 0.2) is 28.7 Å². The van der Waals surface area contributed by atoms with E-state index in [2.05, 4.69) is 59.4 Å². The molecule has 1 aromatic rings. The van der Waals surface area contributed by atoms with Gasteiger partial charge in [0.2, 0.25) is 0 Å². The summed E-state index contributed by atoms with van der Waals surface area (Å²) in [6, 6.07) is 9.27. The van der Waals surface area contributed by atoms with Gasteiger partial charge in [-0.15, -0.1) is 0 Å². The lowest BCUT2D eigenvalue weighted by Gasteiger charge is -2.19. The van der Waals surface area contributed by atoms with E-state index in [9.17, 15) is 0 Å². The Bertz CT molecular complexity index is 307. The third-order valence-electron chi connectivity index (χ3n) is 3.26. The second-order valence-electron chi connectivity index (χ2n) is 4.91. The molecule has 0 radical (unpaired) electrons. The molecule has 0 aliphatic heterocycles. The fourth-order valence-corrected chi connectivity index (χ4v) is 2.44. The second kappa shape index (κ2) is 9.57. The molecule has 1 rings (SSSR count). The van der Waals surface area contributed by atoms with E-state index < -0.39 is 0 Å². The highest BCUT2D eigenvalue weighted by Crippen LogP contribution is 2.22. The van der Waals surface area contributed by atoms with Crippen LogP contribution in [-0.2, 0) is 0 Å². The zero-order valence-corrected chi connectivity index (χ0v) is 13.3. The predicted molar refractivity (Wildman–Crippen MR) is 83.9 cm³/mol. The second-order valence-corrected chi connectivity index (χ2v) is 5.82. The van der Waals surface area contributed by atoms with E-state index in [4.69, 9.17) is 0 Å². The fraction of sp³-hybridized carbons (Fsp3) is 0.625. The maximum atomic E-state index is 3.67. The highest BCUT2D eigenvalue weighted by Gasteiger charge is 2.09. The van der Waals surface area contributed by atoms with Crippen LogP contribution in [0.1, 0.15) is 64.0 Å². The summed E-state index contributed by atoms with van der Waals surface area (Å²) in [5.41, 5.74) is 1.42. The Morgan fingerprint density at radius 1 is 1.00 bits per heavy atom. The molecular formula is C16H26BrN. The first-order valence-corrected chi connectivity index (χ1v) is 8.06. The van der Waals surface area contributed by atoms with Crippen LogP contribution in [-0.4, -0.2) is 6.54 Å². The molecule has 0 heterocycles. The Balaban J connectivity index is 2.51. The molecule has 0 saturated heterocycles. The van der Waals surface area contributed by atoms with Crippen molar-refractivity contribution in [3.8, 4) is 0 Å². The molecule has 0 fully saturated rings. The molecule has 0 aliphatic rings. The van der Waals surface area contributed by atoms with Crippen molar-refractivity contribution in [2.24, 2.45) is 0 Å². The maximum absolute atomic E-state index is 3.67. The van der Waals surface area contributed by atoms with Crippen LogP contribution in [0.25, 0.3) is 0 Å². The van der Waals surface area contributed by atoms with E-state index in [0.29, 0.717) is 6.04 Å². The van der Waals surface area contributed by atoms with Crippen LogP contribution in [0.2, 0.25) is 0 Å². The summed E-state index contributed by atoms with van der Waals surface area (Å²) in [7, 11) is 0. The topological polar surface area (TPSA) is 12.0 Å². The van der Waals surface area contributed by atoms with Gasteiger partial charge in [-0.2, -0.15) is 0 Å². The van der Waals surface area contributed by atoms with Crippen LogP contribution in [0, 0.1) is 0 Å². The summed E-state index contributed by atoms with van der Waals surface area (Å²) >= 11 is 3.50. The SMILES string of the molecule is CCCCCCC(NCCC)c1ccc(Br)cc1. The lowest BCUT2D eigenvalue weighted by atomic mass is 10.00. The normalized spacial score (nSPS) is 12.6. The van der Waals surface area contributed by atoms with Gasteiger partial charge in [0.25, 0.3) is 0 Å². The van der Waals surface area contributed by atoms with Crippen LogP contribution in [0.5, 0.6) is 0 Å². The standard InChI is InChI=1S/C16H26BrN/c1-3-5-6-7-8-16(18-13-4-2)14-9-11-15(17)12-10-14/h9-12,16,18H,3-8,13H2,1-2H3. The van der Waals surface area contributed by atoms with Crippen LogP contribution < -0.4 is 5.32 Å². The molecule has 1 N–H and O–H groups in total. The summed E-state index contributed by atoms with van der Waals surface area (Å²) in [5.74, 6) is 0. The zero-order valence-electron chi connectivity index (χ0n) is 11.7. The molecule has 102 valence electrons. The number of nitrogens with one attached hydrogen (secondary N) is 1. The van der Waals surface area contributed by atoms with E-state index in [-0.39, 0.29) is 0 Å². The number of rotatable bonds is 9. The minimum absolute atomic E-state index is 0.523. The van der Waals surface area contributed by atoms with E-state index in [1.54, 1.807) is 0 Å². The molecule has 0 aromatic heterocycles. The molecule has 0 saturated carbocycles. The van der Waals surface area contributed by atoms with Gasteiger partial charge in [-0.3, -0.25) is 0 Å². The summed E-state index contributed by atoms with van der Waals surface area (Å²) in [6.45, 7) is 5.60. The lowest BCUT2D eigenvalue weighted by molar-refractivity contribution is 0.470. The van der Waals surface area contributed by atoms with Crippen molar-refractivity contribution in [1.29, 1.82) is 0 Å². The number of halogens is 1. The molecule has 0 aliphatic carbocycles. The van der Waals surface area contributed by atoms with Gasteiger partial charge in [-0.05, 0) is 37.1 Å². The Labute approximate surface area is 120 Å². The van der Waals surface area contributed by atoms with Gasteiger partial charge in [0.05, 0.1) is 0 Å². The van der Waals surface area contributed by atoms with Gasteiger partial charge < -0.3 is 5.32 Å². The van der Waals surface area contributed by atoms with Gasteiger partial charge in [0.15, 0.2) is 0 Å². The number of hydrogen-bond acceptors (Lipinski definition) is 1. The predicted octanol–water partition coefficient (Wildman–Crippen LogP) is 5.46. The van der Waals surface area contributed by atoms with E-state index in [1.807, 2.05) is 0 Å². The molecule has 1 aromatic carbocycles. The molecule has 2 heteroatoms. The van der Waals surface area contributed by atoms with Crippen LogP contribution >= 0.6 is 15.9 Å². The largest absolute Gasteiger partial charge is 0.310 e. The molecule has 18 heavy (non-hydrogen) atoms. The van der Waals surface area contributed by atoms with Crippen molar-refractivity contribution >= 4 is 15.9 Å². The third-order valence-corrected chi connectivity index (χ3v) is 3.79. The quantitative estimate of drug-likeness (QED) is 0.597. The minimum Gasteiger partial charge on any atom is -0.310 e. The number of unbranched alkanes of at least 4 members (excludes halogenated alkanes) is 3. The molecule has 0 amide bonds. The molecule has 0 spiro atoms. The molecular weight excluding hydrogens is 286 g/mol. The molecule has 0 bridgehead atoms. The zero-order chi connectivity index (χ0) is 13.2. The number of benzene rings is 1. The lowest BCUT2D eigenvalue weighted by Crippen LogP contribution is -2.22. The Kier molecular flexibility index (Phi) is 8.36. The highest BCUT2D eigenvalue weighted by molar-refractivity contribution is 9.10. The van der Waals surface area contributed by atoms with Crippen LogP contribution in [0.3, 0.4) is 0 Å². The highest BCUT2D eigenvalue weighted by atomic mass is 79.9. The van der Waals surface area contributed by atoms with Gasteiger partial charge >= 0.3 is 0 Å². The van der Waals surface area contributed by atoms with E-state index >= 15 is 0 Å². The van der Waals surface area contributed by atoms with Crippen molar-refractivity contribution < 1.29 is 0 Å². The summed E-state index contributed by atoms with van der Waals surface area (Å²) in [6.07, 6.45) is 7.80.